The topological polar surface area (TPSA) is 62.6 Å². The summed E-state index contributed by atoms with van der Waals surface area (Å²) in [6.07, 6.45) is 1.85. The molecule has 0 bridgehead atoms. The molecular formula is C18H25BN2O4. The van der Waals surface area contributed by atoms with E-state index in [1.165, 1.54) is 7.11 Å². The van der Waals surface area contributed by atoms with Crippen LogP contribution >= 0.6 is 0 Å². The summed E-state index contributed by atoms with van der Waals surface area (Å²) in [6, 6.07) is 5.86. The SMILES string of the molecule is COC(=O)C(C)(C)n1cc2cc(B3OC(C)(C)C(C)(C)O3)ccc2n1. The van der Waals surface area contributed by atoms with Crippen LogP contribution in [0.1, 0.15) is 41.5 Å². The second kappa shape index (κ2) is 5.57. The van der Waals surface area contributed by atoms with E-state index in [4.69, 9.17) is 14.0 Å². The minimum absolute atomic E-state index is 0.341. The molecule has 1 aromatic carbocycles. The number of methoxy groups -OCH3 is 1. The van der Waals surface area contributed by atoms with Crippen molar-refractivity contribution in [1.29, 1.82) is 0 Å². The molecule has 1 fully saturated rings. The molecule has 0 N–H and O–H groups in total. The molecule has 1 aliphatic rings. The molecule has 1 aromatic heterocycles. The fourth-order valence-electron chi connectivity index (χ4n) is 2.80. The van der Waals surface area contributed by atoms with Gasteiger partial charge in [-0.1, -0.05) is 12.1 Å². The highest BCUT2D eigenvalue weighted by molar-refractivity contribution is 6.62. The maximum absolute atomic E-state index is 12.0. The first-order valence-corrected chi connectivity index (χ1v) is 8.42. The molecular weight excluding hydrogens is 319 g/mol. The standard InChI is InChI=1S/C18H25BN2O4/c1-16(2,15(22)23-7)21-11-12-10-13(8-9-14(12)20-21)19-24-17(3,4)18(5,6)25-19/h8-11H,1-7H3. The average Bonchev–Trinajstić information content (AvgIpc) is 3.04. The van der Waals surface area contributed by atoms with Crippen molar-refractivity contribution in [2.45, 2.75) is 58.3 Å². The molecule has 0 aliphatic carbocycles. The first-order valence-electron chi connectivity index (χ1n) is 8.42. The van der Waals surface area contributed by atoms with Crippen molar-refractivity contribution in [3.8, 4) is 0 Å². The molecule has 6 nitrogen and oxygen atoms in total. The summed E-state index contributed by atoms with van der Waals surface area (Å²) in [7, 11) is 0.954. The summed E-state index contributed by atoms with van der Waals surface area (Å²) in [5, 5.41) is 5.43. The first kappa shape index (κ1) is 18.0. The number of benzene rings is 1. The summed E-state index contributed by atoms with van der Waals surface area (Å²) in [5.74, 6) is -0.341. The van der Waals surface area contributed by atoms with Gasteiger partial charge in [0.1, 0.15) is 0 Å². The molecule has 2 heterocycles. The van der Waals surface area contributed by atoms with Gasteiger partial charge in [-0.05, 0) is 53.1 Å². The van der Waals surface area contributed by atoms with Crippen molar-refractivity contribution in [2.24, 2.45) is 0 Å². The molecule has 0 amide bonds. The lowest BCUT2D eigenvalue weighted by atomic mass is 9.79. The van der Waals surface area contributed by atoms with E-state index < -0.39 is 12.7 Å². The lowest BCUT2D eigenvalue weighted by molar-refractivity contribution is -0.150. The number of fused-ring (bicyclic) bond motifs is 1. The van der Waals surface area contributed by atoms with E-state index in [9.17, 15) is 4.79 Å². The van der Waals surface area contributed by atoms with Crippen molar-refractivity contribution in [3.05, 3.63) is 24.4 Å². The number of nitrogens with zero attached hydrogens (tertiary/aromatic N) is 2. The van der Waals surface area contributed by atoms with Crippen LogP contribution in [0.2, 0.25) is 0 Å². The zero-order valence-electron chi connectivity index (χ0n) is 15.9. The quantitative estimate of drug-likeness (QED) is 0.631. The number of hydrogen-bond acceptors (Lipinski definition) is 5. The van der Waals surface area contributed by atoms with Crippen molar-refractivity contribution in [2.75, 3.05) is 7.11 Å². The second-order valence-electron chi connectivity index (χ2n) is 8.03. The largest absolute Gasteiger partial charge is 0.494 e. The maximum atomic E-state index is 12.0. The Morgan fingerprint density at radius 3 is 2.36 bits per heavy atom. The van der Waals surface area contributed by atoms with E-state index in [-0.39, 0.29) is 17.2 Å². The van der Waals surface area contributed by atoms with E-state index in [0.717, 1.165) is 16.4 Å². The molecule has 0 radical (unpaired) electrons. The molecule has 0 spiro atoms. The number of carbonyl (C=O) groups excluding carboxylic acids is 1. The minimum atomic E-state index is -0.877. The predicted octanol–water partition coefficient (Wildman–Crippen LogP) is 2.24. The van der Waals surface area contributed by atoms with Gasteiger partial charge in [0.25, 0.3) is 0 Å². The number of esters is 1. The van der Waals surface area contributed by atoms with Crippen LogP contribution in [-0.4, -0.2) is 41.2 Å². The van der Waals surface area contributed by atoms with Crippen LogP contribution in [0.5, 0.6) is 0 Å². The Morgan fingerprint density at radius 1 is 1.20 bits per heavy atom. The Labute approximate surface area is 148 Å². The normalized spacial score (nSPS) is 19.4. The van der Waals surface area contributed by atoms with Gasteiger partial charge < -0.3 is 14.0 Å². The van der Waals surface area contributed by atoms with Crippen LogP contribution in [0.25, 0.3) is 10.9 Å². The van der Waals surface area contributed by atoms with Crippen LogP contribution in [0.3, 0.4) is 0 Å². The monoisotopic (exact) mass is 344 g/mol. The van der Waals surface area contributed by atoms with Gasteiger partial charge in [0.15, 0.2) is 5.54 Å². The highest BCUT2D eigenvalue weighted by Crippen LogP contribution is 2.36. The summed E-state index contributed by atoms with van der Waals surface area (Å²) in [4.78, 5) is 12.0. The average molecular weight is 344 g/mol. The molecule has 1 aliphatic heterocycles. The van der Waals surface area contributed by atoms with Gasteiger partial charge in [-0.25, -0.2) is 4.79 Å². The second-order valence-corrected chi connectivity index (χ2v) is 8.03. The van der Waals surface area contributed by atoms with Crippen LogP contribution in [-0.2, 0) is 24.4 Å². The fraction of sp³-hybridized carbons (Fsp3) is 0.556. The summed E-state index contributed by atoms with van der Waals surface area (Å²) < 4.78 is 18.7. The third-order valence-electron chi connectivity index (χ3n) is 5.31. The van der Waals surface area contributed by atoms with Crippen LogP contribution in [0, 0.1) is 0 Å². The number of hydrogen-bond donors (Lipinski definition) is 0. The molecule has 0 unspecified atom stereocenters. The number of ether oxygens (including phenoxy) is 1. The smallest absolute Gasteiger partial charge is 0.467 e. The maximum Gasteiger partial charge on any atom is 0.494 e. The molecule has 7 heteroatoms. The van der Waals surface area contributed by atoms with Crippen molar-refractivity contribution in [3.63, 3.8) is 0 Å². The molecule has 25 heavy (non-hydrogen) atoms. The van der Waals surface area contributed by atoms with E-state index in [1.54, 1.807) is 18.5 Å². The van der Waals surface area contributed by atoms with E-state index in [0.29, 0.717) is 0 Å². The molecule has 2 aromatic rings. The predicted molar refractivity (Wildman–Crippen MR) is 96.8 cm³/mol. The molecule has 134 valence electrons. The Bertz CT molecular complexity index is 810. The zero-order chi connectivity index (χ0) is 18.6. The highest BCUT2D eigenvalue weighted by Gasteiger charge is 2.51. The molecule has 3 rings (SSSR count). The summed E-state index contributed by atoms with van der Waals surface area (Å²) in [5.41, 5.74) is 0.0878. The van der Waals surface area contributed by atoms with Gasteiger partial charge in [-0.15, -0.1) is 0 Å². The van der Waals surface area contributed by atoms with Crippen molar-refractivity contribution in [1.82, 2.24) is 9.78 Å². The Kier molecular flexibility index (Phi) is 4.00. The van der Waals surface area contributed by atoms with E-state index in [2.05, 4.69) is 5.10 Å². The lowest BCUT2D eigenvalue weighted by Crippen LogP contribution is -2.41. The van der Waals surface area contributed by atoms with Gasteiger partial charge in [-0.3, -0.25) is 4.68 Å². The number of carbonyl (C=O) groups is 1. The Hall–Kier alpha value is -1.86. The van der Waals surface area contributed by atoms with Gasteiger partial charge in [0, 0.05) is 11.6 Å². The third kappa shape index (κ3) is 2.85. The molecule has 0 atom stereocenters. The lowest BCUT2D eigenvalue weighted by Gasteiger charge is -2.32. The van der Waals surface area contributed by atoms with Crippen LogP contribution in [0.4, 0.5) is 0 Å². The highest BCUT2D eigenvalue weighted by atomic mass is 16.7. The zero-order valence-corrected chi connectivity index (χ0v) is 15.9. The number of aromatic nitrogens is 2. The van der Waals surface area contributed by atoms with Gasteiger partial charge in [0.2, 0.25) is 0 Å². The van der Waals surface area contributed by atoms with Crippen LogP contribution in [0.15, 0.2) is 24.4 Å². The van der Waals surface area contributed by atoms with E-state index >= 15 is 0 Å². The van der Waals surface area contributed by atoms with E-state index in [1.807, 2.05) is 52.1 Å². The third-order valence-corrected chi connectivity index (χ3v) is 5.31. The molecule has 0 saturated carbocycles. The minimum Gasteiger partial charge on any atom is -0.467 e. The van der Waals surface area contributed by atoms with Crippen LogP contribution < -0.4 is 5.46 Å². The fourth-order valence-corrected chi connectivity index (χ4v) is 2.80. The van der Waals surface area contributed by atoms with Gasteiger partial charge in [-0.2, -0.15) is 5.10 Å². The Balaban J connectivity index is 1.96. The summed E-state index contributed by atoms with van der Waals surface area (Å²) in [6.45, 7) is 11.7. The molecule has 1 saturated heterocycles. The van der Waals surface area contributed by atoms with Crippen molar-refractivity contribution >= 4 is 29.5 Å². The van der Waals surface area contributed by atoms with Crippen molar-refractivity contribution < 1.29 is 18.8 Å². The van der Waals surface area contributed by atoms with Gasteiger partial charge >= 0.3 is 13.1 Å². The number of rotatable bonds is 3. The van der Waals surface area contributed by atoms with Gasteiger partial charge in [0.05, 0.1) is 23.8 Å². The summed E-state index contributed by atoms with van der Waals surface area (Å²) >= 11 is 0. The first-order chi connectivity index (χ1) is 11.5. The Morgan fingerprint density at radius 2 is 1.80 bits per heavy atom.